The van der Waals surface area contributed by atoms with Crippen LogP contribution >= 0.6 is 11.8 Å². The molecule has 0 radical (unpaired) electrons. The van der Waals surface area contributed by atoms with Gasteiger partial charge in [0.1, 0.15) is 0 Å². The van der Waals surface area contributed by atoms with Crippen molar-refractivity contribution in [3.05, 3.63) is 35.9 Å². The van der Waals surface area contributed by atoms with Gasteiger partial charge < -0.3 is 0 Å². The zero-order valence-corrected chi connectivity index (χ0v) is 13.1. The van der Waals surface area contributed by atoms with Gasteiger partial charge in [0.05, 0.1) is 0 Å². The van der Waals surface area contributed by atoms with E-state index in [1.165, 1.54) is 62.0 Å². The van der Waals surface area contributed by atoms with E-state index in [9.17, 15) is 0 Å². The molecule has 0 atom stereocenters. The van der Waals surface area contributed by atoms with Crippen LogP contribution in [0.25, 0.3) is 0 Å². The average Bonchev–Trinajstić information content (AvgIpc) is 2.46. The van der Waals surface area contributed by atoms with Gasteiger partial charge in [-0.15, -0.1) is 0 Å². The summed E-state index contributed by atoms with van der Waals surface area (Å²) in [5, 5.41) is 0. The number of benzene rings is 1. The minimum Gasteiger partial charge on any atom is -0.157 e. The second kappa shape index (κ2) is 8.68. The minimum atomic E-state index is 0.998. The van der Waals surface area contributed by atoms with Gasteiger partial charge in [0.25, 0.3) is 0 Å². The van der Waals surface area contributed by atoms with E-state index in [2.05, 4.69) is 49.0 Å². The topological polar surface area (TPSA) is 0 Å². The molecular formula is C18H28S. The zero-order chi connectivity index (χ0) is 13.3. The normalized spacial score (nSPS) is 23.4. The van der Waals surface area contributed by atoms with Gasteiger partial charge in [0.2, 0.25) is 0 Å². The summed E-state index contributed by atoms with van der Waals surface area (Å²) in [6.45, 7) is 2.41. The molecule has 19 heavy (non-hydrogen) atoms. The fraction of sp³-hybridized carbons (Fsp3) is 0.667. The van der Waals surface area contributed by atoms with E-state index in [4.69, 9.17) is 0 Å². The molecule has 0 bridgehead atoms. The Kier molecular flexibility index (Phi) is 6.84. The van der Waals surface area contributed by atoms with Crippen molar-refractivity contribution in [3.63, 3.8) is 0 Å². The molecule has 0 unspecified atom stereocenters. The first-order chi connectivity index (χ1) is 9.34. The van der Waals surface area contributed by atoms with Crippen molar-refractivity contribution in [1.82, 2.24) is 0 Å². The van der Waals surface area contributed by atoms with E-state index in [0.717, 1.165) is 11.8 Å². The van der Waals surface area contributed by atoms with E-state index in [-0.39, 0.29) is 0 Å². The highest BCUT2D eigenvalue weighted by atomic mass is 32.2. The first kappa shape index (κ1) is 15.0. The van der Waals surface area contributed by atoms with E-state index in [1.54, 1.807) is 0 Å². The third-order valence-electron chi connectivity index (χ3n) is 4.40. The lowest BCUT2D eigenvalue weighted by Gasteiger charge is -2.25. The molecule has 0 nitrogen and oxygen atoms in total. The van der Waals surface area contributed by atoms with Crippen molar-refractivity contribution >= 4 is 11.8 Å². The summed E-state index contributed by atoms with van der Waals surface area (Å²) in [5.41, 5.74) is 1.47. The molecule has 1 aromatic carbocycles. The molecule has 0 aromatic heterocycles. The summed E-state index contributed by atoms with van der Waals surface area (Å²) in [4.78, 5) is 0. The van der Waals surface area contributed by atoms with Crippen LogP contribution in [0.2, 0.25) is 0 Å². The minimum absolute atomic E-state index is 0.998. The number of rotatable bonds is 7. The summed E-state index contributed by atoms with van der Waals surface area (Å²) in [6.07, 6.45) is 10.3. The third-order valence-corrected chi connectivity index (χ3v) is 5.51. The molecule has 0 heterocycles. The monoisotopic (exact) mass is 276 g/mol. The molecule has 0 amide bonds. The predicted octanol–water partition coefficient (Wildman–Crippen LogP) is 5.92. The van der Waals surface area contributed by atoms with Gasteiger partial charge in [0, 0.05) is 5.75 Å². The van der Waals surface area contributed by atoms with E-state index >= 15 is 0 Å². The highest BCUT2D eigenvalue weighted by Crippen LogP contribution is 2.31. The van der Waals surface area contributed by atoms with Crippen molar-refractivity contribution in [2.45, 2.75) is 57.6 Å². The quantitative estimate of drug-likeness (QED) is 0.557. The third kappa shape index (κ3) is 6.03. The van der Waals surface area contributed by atoms with Gasteiger partial charge in [-0.2, -0.15) is 11.8 Å². The predicted molar refractivity (Wildman–Crippen MR) is 87.6 cm³/mol. The first-order valence-electron chi connectivity index (χ1n) is 7.96. The number of hydrogen-bond acceptors (Lipinski definition) is 1. The molecule has 1 heteroatoms. The molecule has 106 valence electrons. The van der Waals surface area contributed by atoms with Crippen LogP contribution in [-0.2, 0) is 5.75 Å². The Morgan fingerprint density at radius 3 is 2.47 bits per heavy atom. The average molecular weight is 276 g/mol. The van der Waals surface area contributed by atoms with E-state index < -0.39 is 0 Å². The summed E-state index contributed by atoms with van der Waals surface area (Å²) in [7, 11) is 0. The molecule has 0 aliphatic heterocycles. The molecule has 0 saturated heterocycles. The Labute approximate surface area is 123 Å². The van der Waals surface area contributed by atoms with Crippen molar-refractivity contribution in [3.8, 4) is 0 Å². The maximum atomic E-state index is 2.41. The van der Waals surface area contributed by atoms with E-state index in [0.29, 0.717) is 0 Å². The van der Waals surface area contributed by atoms with Crippen molar-refractivity contribution in [2.24, 2.45) is 11.8 Å². The zero-order valence-electron chi connectivity index (χ0n) is 12.3. The van der Waals surface area contributed by atoms with Crippen LogP contribution in [0.15, 0.2) is 30.3 Å². The Bertz CT molecular complexity index is 325. The van der Waals surface area contributed by atoms with Crippen LogP contribution in [0.5, 0.6) is 0 Å². The first-order valence-corrected chi connectivity index (χ1v) is 9.11. The highest BCUT2D eigenvalue weighted by Gasteiger charge is 2.17. The van der Waals surface area contributed by atoms with Crippen LogP contribution in [0.1, 0.15) is 57.4 Å². The standard InChI is InChI=1S/C18H28S/c1-16-10-12-17(13-11-16)7-5-6-14-19-15-18-8-3-2-4-9-18/h2-4,8-9,16-17H,5-7,10-15H2,1H3. The largest absolute Gasteiger partial charge is 0.157 e. The van der Waals surface area contributed by atoms with Crippen molar-refractivity contribution < 1.29 is 0 Å². The van der Waals surface area contributed by atoms with Crippen LogP contribution < -0.4 is 0 Å². The molecule has 1 fully saturated rings. The van der Waals surface area contributed by atoms with Crippen LogP contribution in [0.3, 0.4) is 0 Å². The number of unbranched alkanes of at least 4 members (excludes halogenated alkanes) is 1. The van der Waals surface area contributed by atoms with E-state index in [1.807, 2.05) is 0 Å². The molecule has 0 N–H and O–H groups in total. The van der Waals surface area contributed by atoms with Crippen molar-refractivity contribution in [1.29, 1.82) is 0 Å². The number of thioether (sulfide) groups is 1. The second-order valence-corrected chi connectivity index (χ2v) is 7.27. The molecule has 1 aromatic rings. The van der Waals surface area contributed by atoms with Crippen LogP contribution in [0.4, 0.5) is 0 Å². The maximum absolute atomic E-state index is 2.41. The molecular weight excluding hydrogens is 248 g/mol. The fourth-order valence-electron chi connectivity index (χ4n) is 3.02. The van der Waals surface area contributed by atoms with Gasteiger partial charge in [0.15, 0.2) is 0 Å². The number of hydrogen-bond donors (Lipinski definition) is 0. The Balaban J connectivity index is 1.46. The van der Waals surface area contributed by atoms with Crippen molar-refractivity contribution in [2.75, 3.05) is 5.75 Å². The van der Waals surface area contributed by atoms with Gasteiger partial charge in [-0.1, -0.05) is 75.8 Å². The Morgan fingerprint density at radius 1 is 1.00 bits per heavy atom. The fourth-order valence-corrected chi connectivity index (χ4v) is 4.00. The molecule has 2 rings (SSSR count). The van der Waals surface area contributed by atoms with Gasteiger partial charge in [-0.3, -0.25) is 0 Å². The second-order valence-electron chi connectivity index (χ2n) is 6.16. The highest BCUT2D eigenvalue weighted by molar-refractivity contribution is 7.98. The van der Waals surface area contributed by atoms with Gasteiger partial charge in [-0.05, 0) is 29.6 Å². The van der Waals surface area contributed by atoms with Crippen LogP contribution in [-0.4, -0.2) is 5.75 Å². The summed E-state index contributed by atoms with van der Waals surface area (Å²) in [5.74, 6) is 4.56. The molecule has 1 saturated carbocycles. The lowest BCUT2D eigenvalue weighted by atomic mass is 9.81. The molecule has 0 spiro atoms. The Morgan fingerprint density at radius 2 is 1.74 bits per heavy atom. The maximum Gasteiger partial charge on any atom is 0.0184 e. The summed E-state index contributed by atoms with van der Waals surface area (Å²) in [6, 6.07) is 10.8. The van der Waals surface area contributed by atoms with Gasteiger partial charge >= 0.3 is 0 Å². The summed E-state index contributed by atoms with van der Waals surface area (Å²) < 4.78 is 0. The lowest BCUT2D eigenvalue weighted by Crippen LogP contribution is -2.12. The Hall–Kier alpha value is -0.430. The lowest BCUT2D eigenvalue weighted by molar-refractivity contribution is 0.273. The smallest absolute Gasteiger partial charge is 0.0184 e. The van der Waals surface area contributed by atoms with Gasteiger partial charge in [-0.25, -0.2) is 0 Å². The SMILES string of the molecule is CC1CCC(CCCCSCc2ccccc2)CC1. The summed E-state index contributed by atoms with van der Waals surface area (Å²) >= 11 is 2.09. The molecule has 1 aliphatic rings. The van der Waals surface area contributed by atoms with Crippen LogP contribution in [0, 0.1) is 11.8 Å². The molecule has 1 aliphatic carbocycles.